The van der Waals surface area contributed by atoms with Crippen LogP contribution in [0.3, 0.4) is 0 Å². The van der Waals surface area contributed by atoms with Gasteiger partial charge in [-0.2, -0.15) is 18.0 Å². The van der Waals surface area contributed by atoms with Crippen LogP contribution in [0.2, 0.25) is 0 Å². The third-order valence-electron chi connectivity index (χ3n) is 1.64. The van der Waals surface area contributed by atoms with Gasteiger partial charge in [0.1, 0.15) is 0 Å². The second kappa shape index (κ2) is 2.97. The first-order valence-corrected chi connectivity index (χ1v) is 5.40. The topological polar surface area (TPSA) is 61.2 Å². The fourth-order valence-corrected chi connectivity index (χ4v) is 2.09. The van der Waals surface area contributed by atoms with Gasteiger partial charge in [0, 0.05) is 23.8 Å². The molecule has 1 atom stereocenters. The Kier molecular flexibility index (Phi) is 2.37. The van der Waals surface area contributed by atoms with Gasteiger partial charge >= 0.3 is 0 Å². The molecule has 1 aliphatic rings. The van der Waals surface area contributed by atoms with Gasteiger partial charge in [-0.15, -0.1) is 0 Å². The predicted molar refractivity (Wildman–Crippen MR) is 40.1 cm³/mol. The standard InChI is InChI=1S/C5H7ClN2O2S/c6-11(9,10)8-2-1-5(3-7)4-8/h5H,1-2,4H2. The molecule has 0 saturated carbocycles. The van der Waals surface area contributed by atoms with Crippen molar-refractivity contribution in [3.05, 3.63) is 0 Å². The molecule has 0 aromatic carbocycles. The molecule has 0 aromatic rings. The number of hydrogen-bond acceptors (Lipinski definition) is 3. The van der Waals surface area contributed by atoms with E-state index >= 15 is 0 Å². The van der Waals surface area contributed by atoms with Crippen LogP contribution in [0.25, 0.3) is 0 Å². The van der Waals surface area contributed by atoms with E-state index in [9.17, 15) is 8.42 Å². The molecule has 1 heterocycles. The Morgan fingerprint density at radius 3 is 2.55 bits per heavy atom. The number of nitrogens with zero attached hydrogens (tertiary/aromatic N) is 2. The molecule has 0 spiro atoms. The highest BCUT2D eigenvalue weighted by molar-refractivity contribution is 8.11. The molecule has 0 bridgehead atoms. The summed E-state index contributed by atoms with van der Waals surface area (Å²) in [4.78, 5) is 0. The molecule has 0 radical (unpaired) electrons. The SMILES string of the molecule is N#CC1CCN(S(=O)(=O)Cl)C1. The van der Waals surface area contributed by atoms with Crippen molar-refractivity contribution in [3.63, 3.8) is 0 Å². The predicted octanol–water partition coefficient (Wildman–Crippen LogP) is 0.315. The van der Waals surface area contributed by atoms with Gasteiger partial charge in [0.2, 0.25) is 0 Å². The van der Waals surface area contributed by atoms with Crippen LogP contribution in [0.4, 0.5) is 0 Å². The zero-order valence-electron chi connectivity index (χ0n) is 5.70. The third kappa shape index (κ3) is 2.06. The molecule has 1 aliphatic heterocycles. The maximum Gasteiger partial charge on any atom is 0.299 e. The smallest absolute Gasteiger partial charge is 0.198 e. The first-order chi connectivity index (χ1) is 5.04. The van der Waals surface area contributed by atoms with E-state index in [1.807, 2.05) is 6.07 Å². The van der Waals surface area contributed by atoms with Crippen LogP contribution in [0, 0.1) is 17.2 Å². The molecule has 1 rings (SSSR count). The van der Waals surface area contributed by atoms with Crippen LogP contribution in [-0.4, -0.2) is 25.8 Å². The molecule has 6 heteroatoms. The van der Waals surface area contributed by atoms with Crippen molar-refractivity contribution in [2.75, 3.05) is 13.1 Å². The molecule has 0 amide bonds. The van der Waals surface area contributed by atoms with E-state index in [2.05, 4.69) is 0 Å². The summed E-state index contributed by atoms with van der Waals surface area (Å²) in [6.07, 6.45) is 0.586. The summed E-state index contributed by atoms with van der Waals surface area (Å²) >= 11 is 0. The Morgan fingerprint density at radius 1 is 1.64 bits per heavy atom. The lowest BCUT2D eigenvalue weighted by molar-refractivity contribution is 0.485. The van der Waals surface area contributed by atoms with Crippen LogP contribution >= 0.6 is 10.7 Å². The van der Waals surface area contributed by atoms with Crippen LogP contribution in [-0.2, 0) is 9.24 Å². The van der Waals surface area contributed by atoms with Crippen molar-refractivity contribution in [2.45, 2.75) is 6.42 Å². The molecule has 0 N–H and O–H groups in total. The lowest BCUT2D eigenvalue weighted by Crippen LogP contribution is -2.23. The summed E-state index contributed by atoms with van der Waals surface area (Å²) in [5, 5.41) is 8.43. The molecule has 1 unspecified atom stereocenters. The van der Waals surface area contributed by atoms with Crippen LogP contribution in [0.1, 0.15) is 6.42 Å². The fourth-order valence-electron chi connectivity index (χ4n) is 1.03. The quantitative estimate of drug-likeness (QED) is 0.565. The fraction of sp³-hybridized carbons (Fsp3) is 0.800. The molecular formula is C5H7ClN2O2S. The van der Waals surface area contributed by atoms with Crippen molar-refractivity contribution in [1.29, 1.82) is 5.26 Å². The van der Waals surface area contributed by atoms with Gasteiger partial charge in [-0.25, -0.2) is 0 Å². The van der Waals surface area contributed by atoms with Gasteiger partial charge < -0.3 is 0 Å². The van der Waals surface area contributed by atoms with E-state index in [1.165, 1.54) is 0 Å². The Labute approximate surface area is 69.9 Å². The Morgan fingerprint density at radius 2 is 2.27 bits per heavy atom. The van der Waals surface area contributed by atoms with Gasteiger partial charge in [-0.05, 0) is 6.42 Å². The van der Waals surface area contributed by atoms with E-state index in [0.717, 1.165) is 4.31 Å². The third-order valence-corrected chi connectivity index (χ3v) is 3.18. The number of hydrogen-bond donors (Lipinski definition) is 0. The van der Waals surface area contributed by atoms with Crippen LogP contribution < -0.4 is 0 Å². The molecule has 4 nitrogen and oxygen atoms in total. The molecule has 11 heavy (non-hydrogen) atoms. The largest absolute Gasteiger partial charge is 0.299 e. The number of rotatable bonds is 1. The van der Waals surface area contributed by atoms with Gasteiger partial charge in [0.15, 0.2) is 0 Å². The summed E-state index contributed by atoms with van der Waals surface area (Å²) in [5.74, 6) is -0.191. The lowest BCUT2D eigenvalue weighted by Gasteiger charge is -2.07. The molecule has 0 aromatic heterocycles. The molecule has 0 aliphatic carbocycles. The molecule has 62 valence electrons. The first-order valence-electron chi connectivity index (χ1n) is 3.13. The summed E-state index contributed by atoms with van der Waals surface area (Å²) in [5.41, 5.74) is 0. The average molecular weight is 195 g/mol. The number of nitriles is 1. The highest BCUT2D eigenvalue weighted by Crippen LogP contribution is 2.20. The second-order valence-electron chi connectivity index (χ2n) is 2.41. The van der Waals surface area contributed by atoms with Crippen LogP contribution in [0.5, 0.6) is 0 Å². The average Bonchev–Trinajstić information content (AvgIpc) is 2.32. The van der Waals surface area contributed by atoms with Crippen molar-refractivity contribution in [2.24, 2.45) is 5.92 Å². The summed E-state index contributed by atoms with van der Waals surface area (Å²) in [6.45, 7) is 0.604. The van der Waals surface area contributed by atoms with Crippen molar-refractivity contribution >= 4 is 19.9 Å². The highest BCUT2D eigenvalue weighted by atomic mass is 35.7. The van der Waals surface area contributed by atoms with E-state index in [1.54, 1.807) is 0 Å². The Hall–Kier alpha value is -0.310. The highest BCUT2D eigenvalue weighted by Gasteiger charge is 2.29. The molecule has 1 saturated heterocycles. The van der Waals surface area contributed by atoms with E-state index < -0.39 is 9.24 Å². The Balaban J connectivity index is 2.64. The maximum absolute atomic E-state index is 10.7. The minimum atomic E-state index is -3.59. The maximum atomic E-state index is 10.7. The van der Waals surface area contributed by atoms with Crippen molar-refractivity contribution < 1.29 is 8.42 Å². The minimum Gasteiger partial charge on any atom is -0.198 e. The van der Waals surface area contributed by atoms with Gasteiger partial charge in [0.25, 0.3) is 9.24 Å². The zero-order chi connectivity index (χ0) is 8.48. The lowest BCUT2D eigenvalue weighted by atomic mass is 10.1. The van der Waals surface area contributed by atoms with E-state index in [-0.39, 0.29) is 12.5 Å². The normalized spacial score (nSPS) is 26.7. The summed E-state index contributed by atoms with van der Waals surface area (Å²) < 4.78 is 22.5. The van der Waals surface area contributed by atoms with E-state index in [4.69, 9.17) is 15.9 Å². The van der Waals surface area contributed by atoms with Crippen LogP contribution in [0.15, 0.2) is 0 Å². The second-order valence-corrected chi connectivity index (χ2v) is 4.93. The molecule has 1 fully saturated rings. The minimum absolute atomic E-state index is 0.191. The van der Waals surface area contributed by atoms with Gasteiger partial charge in [-0.3, -0.25) is 0 Å². The van der Waals surface area contributed by atoms with E-state index in [0.29, 0.717) is 13.0 Å². The van der Waals surface area contributed by atoms with Crippen molar-refractivity contribution in [1.82, 2.24) is 4.31 Å². The summed E-state index contributed by atoms with van der Waals surface area (Å²) in [7, 11) is 1.46. The first kappa shape index (κ1) is 8.78. The summed E-state index contributed by atoms with van der Waals surface area (Å²) in [6, 6.07) is 2.00. The zero-order valence-corrected chi connectivity index (χ0v) is 7.27. The monoisotopic (exact) mass is 194 g/mol. The van der Waals surface area contributed by atoms with Crippen molar-refractivity contribution in [3.8, 4) is 6.07 Å². The Bertz CT molecular complexity index is 281. The molecular weight excluding hydrogens is 188 g/mol. The van der Waals surface area contributed by atoms with Gasteiger partial charge in [-0.1, -0.05) is 0 Å². The number of halogens is 1. The van der Waals surface area contributed by atoms with Gasteiger partial charge in [0.05, 0.1) is 12.0 Å².